The summed E-state index contributed by atoms with van der Waals surface area (Å²) in [4.78, 5) is 50.5. The second-order valence-corrected chi connectivity index (χ2v) is 10.9. The molecule has 4 unspecified atom stereocenters. The van der Waals surface area contributed by atoms with Crippen LogP contribution in [0, 0.1) is 27.6 Å². The first kappa shape index (κ1) is 33.6. The molecule has 1 aromatic carbocycles. The fraction of sp³-hybridized carbons (Fsp3) is 0.621. The highest BCUT2D eigenvalue weighted by Gasteiger charge is 2.51. The monoisotopic (exact) mass is 546 g/mol. The van der Waals surface area contributed by atoms with Crippen molar-refractivity contribution in [2.45, 2.75) is 72.6 Å². The maximum absolute atomic E-state index is 13.3. The van der Waals surface area contributed by atoms with Gasteiger partial charge in [-0.25, -0.2) is 0 Å². The smallest absolute Gasteiger partial charge is 0.311 e. The number of nitrogens with one attached hydrogen (secondary N) is 1. The molecule has 10 heteroatoms. The van der Waals surface area contributed by atoms with Crippen molar-refractivity contribution in [1.29, 1.82) is 5.26 Å². The highest BCUT2D eigenvalue weighted by atomic mass is 16.5. The Morgan fingerprint density at radius 3 is 2.08 bits per heavy atom. The molecule has 39 heavy (non-hydrogen) atoms. The summed E-state index contributed by atoms with van der Waals surface area (Å²) in [5.41, 5.74) is -2.94. The van der Waals surface area contributed by atoms with Crippen LogP contribution in [0.2, 0.25) is 0 Å². The quantitative estimate of drug-likeness (QED) is 0.196. The lowest BCUT2D eigenvalue weighted by molar-refractivity contribution is -0.167. The summed E-state index contributed by atoms with van der Waals surface area (Å²) in [6.07, 6.45) is 0.0549. The summed E-state index contributed by atoms with van der Waals surface area (Å²) < 4.78 is 10.7. The van der Waals surface area contributed by atoms with Crippen molar-refractivity contribution >= 4 is 23.8 Å². The summed E-state index contributed by atoms with van der Waals surface area (Å²) in [6.45, 7) is 7.84. The molecule has 0 heterocycles. The summed E-state index contributed by atoms with van der Waals surface area (Å²) in [7, 11) is 0. The van der Waals surface area contributed by atoms with E-state index in [2.05, 4.69) is 5.32 Å². The number of aliphatic carboxylic acids is 1. The number of nitriles is 1. The van der Waals surface area contributed by atoms with Crippen LogP contribution in [0.4, 0.5) is 0 Å². The zero-order valence-electron chi connectivity index (χ0n) is 23.6. The van der Waals surface area contributed by atoms with E-state index in [-0.39, 0.29) is 58.0 Å². The van der Waals surface area contributed by atoms with Crippen molar-refractivity contribution in [2.75, 3.05) is 26.4 Å². The summed E-state index contributed by atoms with van der Waals surface area (Å²) >= 11 is 0. The number of carboxylic acids is 1. The fourth-order valence-electron chi connectivity index (χ4n) is 5.04. The molecule has 0 aliphatic rings. The molecule has 0 bridgehead atoms. The van der Waals surface area contributed by atoms with Gasteiger partial charge in [0.15, 0.2) is 0 Å². The summed E-state index contributed by atoms with van der Waals surface area (Å²) in [5.74, 6) is -2.97. The van der Waals surface area contributed by atoms with Gasteiger partial charge in [0.25, 0.3) is 0 Å². The number of aliphatic hydroxyl groups excluding tert-OH is 1. The maximum atomic E-state index is 13.3. The molecule has 0 saturated carbocycles. The minimum absolute atomic E-state index is 0.0222. The number of benzene rings is 1. The van der Waals surface area contributed by atoms with Gasteiger partial charge in [-0.3, -0.25) is 19.2 Å². The molecule has 1 rings (SSSR count). The van der Waals surface area contributed by atoms with E-state index in [1.54, 1.807) is 26.8 Å². The lowest BCUT2D eigenvalue weighted by Gasteiger charge is -2.40. The number of ether oxygens (including phenoxy) is 2. The number of carbonyl (C=O) groups is 4. The van der Waals surface area contributed by atoms with E-state index in [0.29, 0.717) is 6.42 Å². The number of nitrogens with zero attached hydrogens (tertiary/aromatic N) is 1. The molecular weight excluding hydrogens is 504 g/mol. The normalized spacial score (nSPS) is 16.3. The predicted molar refractivity (Wildman–Crippen MR) is 143 cm³/mol. The number of rotatable bonds is 17. The van der Waals surface area contributed by atoms with Gasteiger partial charge in [-0.15, -0.1) is 0 Å². The Balaban J connectivity index is 3.18. The molecule has 0 aromatic heterocycles. The first-order chi connectivity index (χ1) is 18.3. The van der Waals surface area contributed by atoms with Gasteiger partial charge in [-0.05, 0) is 57.9 Å². The number of carboxylic acid groups (broad SMARTS) is 1. The minimum atomic E-state index is -1.51. The second kappa shape index (κ2) is 15.2. The first-order valence-electron chi connectivity index (χ1n) is 13.1. The topological polar surface area (TPSA) is 163 Å². The minimum Gasteiger partial charge on any atom is -0.481 e. The third-order valence-corrected chi connectivity index (χ3v) is 7.19. The lowest BCUT2D eigenvalue weighted by atomic mass is 9.62. The van der Waals surface area contributed by atoms with E-state index in [4.69, 9.17) is 14.7 Å². The van der Waals surface area contributed by atoms with Crippen molar-refractivity contribution < 1.29 is 38.9 Å². The molecule has 216 valence electrons. The third kappa shape index (κ3) is 9.98. The van der Waals surface area contributed by atoms with E-state index in [1.165, 1.54) is 6.92 Å². The molecule has 0 fully saturated rings. The Hall–Kier alpha value is -3.45. The zero-order valence-corrected chi connectivity index (χ0v) is 23.6. The molecule has 3 N–H and O–H groups in total. The average Bonchev–Trinajstić information content (AvgIpc) is 2.89. The van der Waals surface area contributed by atoms with Crippen molar-refractivity contribution in [3.63, 3.8) is 0 Å². The molecule has 0 spiro atoms. The van der Waals surface area contributed by atoms with Gasteiger partial charge >= 0.3 is 17.9 Å². The number of hydrogen-bond donors (Lipinski definition) is 3. The molecule has 0 aliphatic carbocycles. The average molecular weight is 547 g/mol. The van der Waals surface area contributed by atoms with Crippen molar-refractivity contribution in [3.8, 4) is 6.07 Å². The van der Waals surface area contributed by atoms with Crippen LogP contribution < -0.4 is 5.32 Å². The van der Waals surface area contributed by atoms with E-state index >= 15 is 0 Å². The van der Waals surface area contributed by atoms with Crippen molar-refractivity contribution in [1.82, 2.24) is 5.32 Å². The fourth-order valence-corrected chi connectivity index (χ4v) is 5.04. The zero-order chi connectivity index (χ0) is 29.7. The maximum Gasteiger partial charge on any atom is 0.311 e. The van der Waals surface area contributed by atoms with Gasteiger partial charge < -0.3 is 25.0 Å². The Morgan fingerprint density at radius 1 is 0.974 bits per heavy atom. The first-order valence-corrected chi connectivity index (χ1v) is 13.1. The van der Waals surface area contributed by atoms with Crippen LogP contribution in [0.25, 0.3) is 0 Å². The molecule has 0 radical (unpaired) electrons. The van der Waals surface area contributed by atoms with Gasteiger partial charge in [-0.2, -0.15) is 5.26 Å². The SMILES string of the molecule is CCC(C)(CC(C)(CC(C)(CC(C)c1ccccc1)C(=O)OCCO)C(=O)O)C(=O)OCCNC(=O)CC#N. The van der Waals surface area contributed by atoms with Crippen LogP contribution >= 0.6 is 0 Å². The van der Waals surface area contributed by atoms with Gasteiger partial charge in [0.05, 0.1) is 35.5 Å². The van der Waals surface area contributed by atoms with Gasteiger partial charge in [0.2, 0.25) is 5.91 Å². The number of hydrogen-bond acceptors (Lipinski definition) is 8. The molecule has 10 nitrogen and oxygen atoms in total. The predicted octanol–water partition coefficient (Wildman–Crippen LogP) is 3.58. The lowest BCUT2D eigenvalue weighted by Crippen LogP contribution is -2.45. The van der Waals surface area contributed by atoms with E-state index in [0.717, 1.165) is 5.56 Å². The van der Waals surface area contributed by atoms with Crippen LogP contribution in [0.1, 0.15) is 78.2 Å². The molecule has 1 amide bonds. The third-order valence-electron chi connectivity index (χ3n) is 7.19. The summed E-state index contributed by atoms with van der Waals surface area (Å²) in [5, 5.41) is 30.6. The number of aliphatic hydroxyl groups is 1. The highest BCUT2D eigenvalue weighted by Crippen LogP contribution is 2.48. The number of carbonyl (C=O) groups excluding carboxylic acids is 3. The van der Waals surface area contributed by atoms with E-state index in [1.807, 2.05) is 37.3 Å². The van der Waals surface area contributed by atoms with E-state index in [9.17, 15) is 29.4 Å². The highest BCUT2D eigenvalue weighted by molar-refractivity contribution is 5.82. The Kier molecular flexibility index (Phi) is 13.1. The molecule has 1 aromatic rings. The summed E-state index contributed by atoms with van der Waals surface area (Å²) in [6, 6.07) is 11.3. The Labute approximate surface area is 230 Å². The van der Waals surface area contributed by atoms with Crippen LogP contribution in [0.3, 0.4) is 0 Å². The van der Waals surface area contributed by atoms with Crippen molar-refractivity contribution in [3.05, 3.63) is 35.9 Å². The standard InChI is InChI=1S/C29H42N2O8/c1-6-27(3,25(36)38-16-14-31-23(33)12-13-30)19-29(5,24(34)35)20-28(4,26(37)39-17-15-32)18-21(2)22-10-8-7-9-11-22/h7-11,21,32H,6,12,14-20H2,1-5H3,(H,31,33)(H,34,35). The van der Waals surface area contributed by atoms with Gasteiger partial charge in [0, 0.05) is 0 Å². The van der Waals surface area contributed by atoms with Gasteiger partial charge in [0.1, 0.15) is 19.6 Å². The van der Waals surface area contributed by atoms with Crippen LogP contribution in [0.15, 0.2) is 30.3 Å². The molecule has 4 atom stereocenters. The van der Waals surface area contributed by atoms with Crippen molar-refractivity contribution in [2.24, 2.45) is 16.2 Å². The Morgan fingerprint density at radius 2 is 1.54 bits per heavy atom. The Bertz CT molecular complexity index is 1020. The van der Waals surface area contributed by atoms with E-state index < -0.39 is 40.1 Å². The molecular formula is C29H42N2O8. The van der Waals surface area contributed by atoms with Crippen LogP contribution in [-0.2, 0) is 28.7 Å². The number of amides is 1. The van der Waals surface area contributed by atoms with Crippen LogP contribution in [-0.4, -0.2) is 60.4 Å². The largest absolute Gasteiger partial charge is 0.481 e. The van der Waals surface area contributed by atoms with Crippen LogP contribution in [0.5, 0.6) is 0 Å². The molecule has 0 aliphatic heterocycles. The molecule has 0 saturated heterocycles. The van der Waals surface area contributed by atoms with Gasteiger partial charge in [-0.1, -0.05) is 44.2 Å². The number of esters is 2. The second-order valence-electron chi connectivity index (χ2n) is 10.9.